The van der Waals surface area contributed by atoms with Gasteiger partial charge in [-0.3, -0.25) is 4.72 Å². The SMILES string of the molecule is Cc1ccc(-c2c(C)c(C3=CCCC3)c(C(OC(C)(C)C)C(=O)O)c(C)c2NS(C)(=O)=O)cc1C. The van der Waals surface area contributed by atoms with Crippen LogP contribution in [-0.2, 0) is 19.6 Å². The zero-order chi connectivity index (χ0) is 26.3. The van der Waals surface area contributed by atoms with E-state index in [1.165, 1.54) is 0 Å². The number of sulfonamides is 1. The van der Waals surface area contributed by atoms with Crippen molar-refractivity contribution in [1.29, 1.82) is 0 Å². The second kappa shape index (κ2) is 9.78. The third-order valence-electron chi connectivity index (χ3n) is 6.45. The van der Waals surface area contributed by atoms with E-state index < -0.39 is 27.7 Å². The molecule has 1 atom stereocenters. The van der Waals surface area contributed by atoms with Crippen LogP contribution in [0.15, 0.2) is 24.3 Å². The number of aryl methyl sites for hydroxylation is 2. The van der Waals surface area contributed by atoms with E-state index >= 15 is 0 Å². The maximum absolute atomic E-state index is 12.6. The monoisotopic (exact) mass is 499 g/mol. The minimum Gasteiger partial charge on any atom is -0.479 e. The summed E-state index contributed by atoms with van der Waals surface area (Å²) in [5.74, 6) is -1.11. The predicted octanol–water partition coefficient (Wildman–Crippen LogP) is 6.47. The Kier molecular flexibility index (Phi) is 7.53. The molecule has 0 aromatic heterocycles. The lowest BCUT2D eigenvalue weighted by molar-refractivity contribution is -0.160. The van der Waals surface area contributed by atoms with Gasteiger partial charge in [0.2, 0.25) is 10.0 Å². The fourth-order valence-corrected chi connectivity index (χ4v) is 5.45. The second-order valence-corrected chi connectivity index (χ2v) is 12.3. The number of carboxylic acids is 1. The Morgan fingerprint density at radius 3 is 2.20 bits per heavy atom. The van der Waals surface area contributed by atoms with Crippen LogP contribution >= 0.6 is 0 Å². The molecule has 2 aromatic carbocycles. The first-order chi connectivity index (χ1) is 16.1. The van der Waals surface area contributed by atoms with E-state index in [4.69, 9.17) is 4.74 Å². The molecule has 7 heteroatoms. The van der Waals surface area contributed by atoms with Crippen molar-refractivity contribution in [2.75, 3.05) is 11.0 Å². The van der Waals surface area contributed by atoms with Crippen LogP contribution in [0.5, 0.6) is 0 Å². The maximum atomic E-state index is 12.6. The van der Waals surface area contributed by atoms with Gasteiger partial charge < -0.3 is 9.84 Å². The maximum Gasteiger partial charge on any atom is 0.337 e. The normalized spacial score (nSPS) is 15.1. The molecule has 0 spiro atoms. The van der Waals surface area contributed by atoms with Crippen LogP contribution in [0, 0.1) is 27.7 Å². The predicted molar refractivity (Wildman–Crippen MR) is 142 cm³/mol. The van der Waals surface area contributed by atoms with E-state index in [2.05, 4.69) is 16.9 Å². The van der Waals surface area contributed by atoms with Gasteiger partial charge in [0.1, 0.15) is 0 Å². The van der Waals surface area contributed by atoms with Crippen LogP contribution in [0.25, 0.3) is 16.7 Å². The van der Waals surface area contributed by atoms with E-state index in [1.807, 2.05) is 53.7 Å². The number of nitrogens with one attached hydrogen (secondary N) is 1. The summed E-state index contributed by atoms with van der Waals surface area (Å²) in [7, 11) is -3.65. The Hall–Kier alpha value is -2.64. The average Bonchev–Trinajstić information content (AvgIpc) is 3.23. The smallest absolute Gasteiger partial charge is 0.337 e. The molecule has 0 saturated heterocycles. The lowest BCUT2D eigenvalue weighted by Gasteiger charge is -2.31. The van der Waals surface area contributed by atoms with Crippen molar-refractivity contribution in [3.8, 4) is 11.1 Å². The van der Waals surface area contributed by atoms with Crippen molar-refractivity contribution < 1.29 is 23.1 Å². The summed E-state index contributed by atoms with van der Waals surface area (Å²) in [4.78, 5) is 12.6. The number of carboxylic acid groups (broad SMARTS) is 1. The topological polar surface area (TPSA) is 92.7 Å². The minimum absolute atomic E-state index is 0.398. The van der Waals surface area contributed by atoms with Crippen molar-refractivity contribution in [3.05, 3.63) is 57.7 Å². The highest BCUT2D eigenvalue weighted by Crippen LogP contribution is 2.47. The molecule has 1 unspecified atom stereocenters. The van der Waals surface area contributed by atoms with Gasteiger partial charge in [0, 0.05) is 11.1 Å². The number of benzene rings is 2. The number of allylic oxidation sites excluding steroid dienone is 2. The molecular formula is C28H37NO5S. The third kappa shape index (κ3) is 5.96. The van der Waals surface area contributed by atoms with Gasteiger partial charge in [0.05, 0.1) is 17.5 Å². The summed E-state index contributed by atoms with van der Waals surface area (Å²) in [5.41, 5.74) is 7.41. The van der Waals surface area contributed by atoms with Gasteiger partial charge in [0.15, 0.2) is 6.10 Å². The Balaban J connectivity index is 2.50. The number of rotatable bonds is 7. The summed E-state index contributed by atoms with van der Waals surface area (Å²) in [6.07, 6.45) is 4.77. The van der Waals surface area contributed by atoms with Gasteiger partial charge in [0.25, 0.3) is 0 Å². The van der Waals surface area contributed by atoms with E-state index in [9.17, 15) is 18.3 Å². The molecule has 3 rings (SSSR count). The van der Waals surface area contributed by atoms with Gasteiger partial charge in [-0.2, -0.15) is 0 Å². The largest absolute Gasteiger partial charge is 0.479 e. The lowest BCUT2D eigenvalue weighted by atomic mass is 9.82. The molecule has 0 aliphatic heterocycles. The molecule has 0 radical (unpaired) electrons. The third-order valence-corrected chi connectivity index (χ3v) is 7.03. The van der Waals surface area contributed by atoms with Crippen molar-refractivity contribution in [2.45, 2.75) is 79.4 Å². The Morgan fingerprint density at radius 2 is 1.71 bits per heavy atom. The molecule has 0 saturated carbocycles. The fourth-order valence-electron chi connectivity index (χ4n) is 4.82. The second-order valence-electron chi connectivity index (χ2n) is 10.5. The molecule has 2 N–H and O–H groups in total. The Morgan fingerprint density at radius 1 is 1.06 bits per heavy atom. The Labute approximate surface area is 209 Å². The first kappa shape index (κ1) is 27.0. The number of aliphatic carboxylic acids is 1. The Bertz CT molecular complexity index is 1300. The molecule has 2 aromatic rings. The van der Waals surface area contributed by atoms with Crippen LogP contribution in [0.1, 0.15) is 79.5 Å². The van der Waals surface area contributed by atoms with Crippen molar-refractivity contribution >= 4 is 27.3 Å². The van der Waals surface area contributed by atoms with Crippen molar-refractivity contribution in [1.82, 2.24) is 0 Å². The molecule has 0 amide bonds. The highest BCUT2D eigenvalue weighted by molar-refractivity contribution is 7.92. The zero-order valence-corrected chi connectivity index (χ0v) is 22.8. The molecule has 0 fully saturated rings. The molecule has 1 aliphatic rings. The van der Waals surface area contributed by atoms with Crippen LogP contribution < -0.4 is 4.72 Å². The summed E-state index contributed by atoms with van der Waals surface area (Å²) in [6.45, 7) is 13.2. The first-order valence-corrected chi connectivity index (χ1v) is 13.8. The lowest BCUT2D eigenvalue weighted by Crippen LogP contribution is -2.29. The van der Waals surface area contributed by atoms with Gasteiger partial charge in [-0.05, 0) is 107 Å². The van der Waals surface area contributed by atoms with Gasteiger partial charge >= 0.3 is 5.97 Å². The van der Waals surface area contributed by atoms with Crippen LogP contribution in [0.2, 0.25) is 0 Å². The summed E-state index contributed by atoms with van der Waals surface area (Å²) in [6, 6.07) is 6.07. The van der Waals surface area contributed by atoms with E-state index in [1.54, 1.807) is 6.92 Å². The van der Waals surface area contributed by atoms with Gasteiger partial charge in [-0.25, -0.2) is 13.2 Å². The summed E-state index contributed by atoms with van der Waals surface area (Å²) >= 11 is 0. The average molecular weight is 500 g/mol. The molecule has 0 bridgehead atoms. The van der Waals surface area contributed by atoms with Gasteiger partial charge in [-0.15, -0.1) is 0 Å². The molecule has 190 valence electrons. The molecule has 1 aliphatic carbocycles. The number of carbonyl (C=O) groups is 1. The number of ether oxygens (including phenoxy) is 1. The van der Waals surface area contributed by atoms with E-state index in [0.717, 1.165) is 64.5 Å². The number of hydrogen-bond acceptors (Lipinski definition) is 4. The number of anilines is 1. The van der Waals surface area contributed by atoms with Crippen LogP contribution in [0.4, 0.5) is 5.69 Å². The fraction of sp³-hybridized carbons (Fsp3) is 0.464. The van der Waals surface area contributed by atoms with Crippen molar-refractivity contribution in [2.24, 2.45) is 0 Å². The molecular weight excluding hydrogens is 462 g/mol. The zero-order valence-electron chi connectivity index (χ0n) is 22.0. The molecule has 35 heavy (non-hydrogen) atoms. The summed E-state index contributed by atoms with van der Waals surface area (Å²) < 4.78 is 33.8. The minimum atomic E-state index is -3.65. The standard InChI is InChI=1S/C28H37NO5S/c1-16-13-14-21(15-17(16)2)23-18(3)22(20-11-9-10-12-20)24(19(4)25(23)29-35(8,32)33)26(27(30)31)34-28(5,6)7/h11,13-15,26,29H,9-10,12H2,1-8H3,(H,30,31). The highest BCUT2D eigenvalue weighted by atomic mass is 32.2. The highest BCUT2D eigenvalue weighted by Gasteiger charge is 2.35. The van der Waals surface area contributed by atoms with Crippen LogP contribution in [0.3, 0.4) is 0 Å². The first-order valence-electron chi connectivity index (χ1n) is 11.9. The summed E-state index contributed by atoms with van der Waals surface area (Å²) in [5, 5.41) is 10.3. The molecule has 0 heterocycles. The van der Waals surface area contributed by atoms with Gasteiger partial charge in [-0.1, -0.05) is 24.3 Å². The quantitative estimate of drug-likeness (QED) is 0.456. The van der Waals surface area contributed by atoms with E-state index in [-0.39, 0.29) is 0 Å². The number of hydrogen-bond donors (Lipinski definition) is 2. The van der Waals surface area contributed by atoms with E-state index in [0.29, 0.717) is 16.8 Å². The van der Waals surface area contributed by atoms with Crippen molar-refractivity contribution in [3.63, 3.8) is 0 Å². The molecule has 6 nitrogen and oxygen atoms in total. The van der Waals surface area contributed by atoms with Crippen LogP contribution in [-0.4, -0.2) is 31.4 Å².